The van der Waals surface area contributed by atoms with Gasteiger partial charge in [0.15, 0.2) is 0 Å². The third-order valence-corrected chi connectivity index (χ3v) is 4.16. The molecule has 1 fully saturated rings. The summed E-state index contributed by atoms with van der Waals surface area (Å²) in [7, 11) is 0. The Labute approximate surface area is 112 Å². The van der Waals surface area contributed by atoms with Crippen LogP contribution in [0.25, 0.3) is 5.69 Å². The molecule has 0 aliphatic heterocycles. The number of aryl methyl sites for hydroxylation is 1. The van der Waals surface area contributed by atoms with Gasteiger partial charge in [-0.25, -0.2) is 4.79 Å². The smallest absolute Gasteiger partial charge is 0.321 e. The van der Waals surface area contributed by atoms with E-state index in [9.17, 15) is 4.79 Å². The van der Waals surface area contributed by atoms with Crippen molar-refractivity contribution in [1.82, 2.24) is 9.55 Å². The van der Waals surface area contributed by atoms with Gasteiger partial charge < -0.3 is 10.7 Å². The summed E-state index contributed by atoms with van der Waals surface area (Å²) in [6.07, 6.45) is 6.23. The van der Waals surface area contributed by atoms with Gasteiger partial charge in [0.2, 0.25) is 0 Å². The third kappa shape index (κ3) is 2.02. The number of benzene rings is 1. The van der Waals surface area contributed by atoms with Crippen LogP contribution in [0.15, 0.2) is 35.3 Å². The van der Waals surface area contributed by atoms with Gasteiger partial charge in [-0.05, 0) is 37.5 Å². The Morgan fingerprint density at radius 1 is 1.21 bits per heavy atom. The summed E-state index contributed by atoms with van der Waals surface area (Å²) in [5.41, 5.74) is 9.12. The maximum atomic E-state index is 11.7. The monoisotopic (exact) mass is 257 g/mol. The Bertz CT molecular complexity index is 630. The first-order valence-corrected chi connectivity index (χ1v) is 6.77. The van der Waals surface area contributed by atoms with Crippen molar-refractivity contribution in [3.05, 3.63) is 52.2 Å². The number of H-pyrrole nitrogens is 1. The Kier molecular flexibility index (Phi) is 2.82. The van der Waals surface area contributed by atoms with Crippen molar-refractivity contribution in [2.24, 2.45) is 5.73 Å². The van der Waals surface area contributed by atoms with E-state index < -0.39 is 0 Å². The number of rotatable bonds is 2. The number of nitrogens with zero attached hydrogens (tertiary/aromatic N) is 1. The van der Waals surface area contributed by atoms with Crippen LogP contribution >= 0.6 is 0 Å². The number of nitrogens with one attached hydrogen (secondary N) is 1. The molecule has 3 rings (SSSR count). The second kappa shape index (κ2) is 4.38. The maximum Gasteiger partial charge on any atom is 0.330 e. The first-order valence-electron chi connectivity index (χ1n) is 6.77. The second-order valence-electron chi connectivity index (χ2n) is 5.48. The highest BCUT2D eigenvalue weighted by atomic mass is 16.1. The standard InChI is InChI=1S/C15H19N3O/c1-11-10-17-14(19)18(11)13-6-4-12(5-7-13)15(16)8-2-3-9-15/h4-7,10H,2-3,8-9,16H2,1H3,(H,17,19). The first kappa shape index (κ1) is 12.2. The molecule has 0 saturated heterocycles. The molecule has 0 radical (unpaired) electrons. The molecule has 1 saturated carbocycles. The van der Waals surface area contributed by atoms with Gasteiger partial charge in [-0.3, -0.25) is 4.57 Å². The number of hydrogen-bond acceptors (Lipinski definition) is 2. The van der Waals surface area contributed by atoms with Crippen LogP contribution in [0.4, 0.5) is 0 Å². The average Bonchev–Trinajstić information content (AvgIpc) is 2.98. The molecule has 3 N–H and O–H groups in total. The molecule has 0 atom stereocenters. The van der Waals surface area contributed by atoms with Crippen LogP contribution in [0, 0.1) is 6.92 Å². The zero-order chi connectivity index (χ0) is 13.5. The molecule has 0 amide bonds. The van der Waals surface area contributed by atoms with E-state index in [1.807, 2.05) is 19.1 Å². The van der Waals surface area contributed by atoms with Crippen LogP contribution in [0.1, 0.15) is 36.9 Å². The molecule has 19 heavy (non-hydrogen) atoms. The van der Waals surface area contributed by atoms with Gasteiger partial charge in [0.25, 0.3) is 0 Å². The van der Waals surface area contributed by atoms with Crippen molar-refractivity contribution in [3.8, 4) is 5.69 Å². The fourth-order valence-electron chi connectivity index (χ4n) is 3.01. The lowest BCUT2D eigenvalue weighted by atomic mass is 9.89. The fourth-order valence-corrected chi connectivity index (χ4v) is 3.01. The molecule has 1 aliphatic carbocycles. The molecule has 4 nitrogen and oxygen atoms in total. The zero-order valence-electron chi connectivity index (χ0n) is 11.1. The lowest BCUT2D eigenvalue weighted by Gasteiger charge is -2.24. The summed E-state index contributed by atoms with van der Waals surface area (Å²) >= 11 is 0. The minimum atomic E-state index is -0.170. The predicted octanol–water partition coefficient (Wildman–Crippen LogP) is 2.20. The molecule has 0 bridgehead atoms. The second-order valence-corrected chi connectivity index (χ2v) is 5.48. The van der Waals surface area contributed by atoms with Crippen LogP contribution < -0.4 is 11.4 Å². The van der Waals surface area contributed by atoms with Crippen molar-refractivity contribution in [1.29, 1.82) is 0 Å². The van der Waals surface area contributed by atoms with Gasteiger partial charge in [-0.15, -0.1) is 0 Å². The Morgan fingerprint density at radius 2 is 1.84 bits per heavy atom. The highest BCUT2D eigenvalue weighted by Gasteiger charge is 2.30. The van der Waals surface area contributed by atoms with Gasteiger partial charge >= 0.3 is 5.69 Å². The summed E-state index contributed by atoms with van der Waals surface area (Å²) in [5.74, 6) is 0. The molecule has 0 unspecified atom stereocenters. The molecule has 1 aliphatic rings. The van der Waals surface area contributed by atoms with E-state index in [-0.39, 0.29) is 11.2 Å². The summed E-state index contributed by atoms with van der Waals surface area (Å²) in [4.78, 5) is 14.4. The van der Waals surface area contributed by atoms with Gasteiger partial charge in [0.1, 0.15) is 0 Å². The number of aromatic nitrogens is 2. The van der Waals surface area contributed by atoms with Crippen LogP contribution in [-0.4, -0.2) is 9.55 Å². The largest absolute Gasteiger partial charge is 0.330 e. The average molecular weight is 257 g/mol. The molecular formula is C15H19N3O. The first-order chi connectivity index (χ1) is 9.10. The van der Waals surface area contributed by atoms with Gasteiger partial charge in [-0.2, -0.15) is 0 Å². The molecule has 100 valence electrons. The number of aromatic amines is 1. The number of imidazole rings is 1. The molecule has 1 aromatic heterocycles. The Balaban J connectivity index is 1.98. The van der Waals surface area contributed by atoms with Crippen molar-refractivity contribution < 1.29 is 0 Å². The van der Waals surface area contributed by atoms with Crippen molar-refractivity contribution >= 4 is 0 Å². The highest BCUT2D eigenvalue weighted by Crippen LogP contribution is 2.36. The highest BCUT2D eigenvalue weighted by molar-refractivity contribution is 5.38. The van der Waals surface area contributed by atoms with Crippen molar-refractivity contribution in [2.75, 3.05) is 0 Å². The topological polar surface area (TPSA) is 63.8 Å². The molecule has 1 heterocycles. The normalized spacial score (nSPS) is 17.8. The summed E-state index contributed by atoms with van der Waals surface area (Å²) in [6.45, 7) is 1.91. The van der Waals surface area contributed by atoms with E-state index in [0.29, 0.717) is 0 Å². The van der Waals surface area contributed by atoms with Gasteiger partial charge in [0, 0.05) is 17.4 Å². The minimum absolute atomic E-state index is 0.103. The third-order valence-electron chi connectivity index (χ3n) is 4.16. The Morgan fingerprint density at radius 3 is 2.37 bits per heavy atom. The molecule has 2 aromatic rings. The minimum Gasteiger partial charge on any atom is -0.321 e. The summed E-state index contributed by atoms with van der Waals surface area (Å²) in [5, 5.41) is 0. The van der Waals surface area contributed by atoms with Gasteiger partial charge in [0.05, 0.1) is 5.69 Å². The van der Waals surface area contributed by atoms with E-state index in [0.717, 1.165) is 24.2 Å². The lowest BCUT2D eigenvalue weighted by molar-refractivity contribution is 0.461. The van der Waals surface area contributed by atoms with Crippen LogP contribution in [0.5, 0.6) is 0 Å². The zero-order valence-corrected chi connectivity index (χ0v) is 11.1. The quantitative estimate of drug-likeness (QED) is 0.866. The SMILES string of the molecule is Cc1c[nH]c(=O)n1-c1ccc(C2(N)CCCC2)cc1. The van der Waals surface area contributed by atoms with Crippen molar-refractivity contribution in [2.45, 2.75) is 38.1 Å². The van der Waals surface area contributed by atoms with Crippen LogP contribution in [0.2, 0.25) is 0 Å². The van der Waals surface area contributed by atoms with E-state index in [1.165, 1.54) is 18.4 Å². The van der Waals surface area contributed by atoms with E-state index in [4.69, 9.17) is 5.73 Å². The van der Waals surface area contributed by atoms with E-state index in [1.54, 1.807) is 10.8 Å². The van der Waals surface area contributed by atoms with E-state index in [2.05, 4.69) is 17.1 Å². The number of nitrogens with two attached hydrogens (primary N) is 1. The molecular weight excluding hydrogens is 238 g/mol. The van der Waals surface area contributed by atoms with Crippen molar-refractivity contribution in [3.63, 3.8) is 0 Å². The summed E-state index contributed by atoms with van der Waals surface area (Å²) in [6, 6.07) is 8.06. The molecule has 4 heteroatoms. The summed E-state index contributed by atoms with van der Waals surface area (Å²) < 4.78 is 1.67. The van der Waals surface area contributed by atoms with Crippen LogP contribution in [-0.2, 0) is 5.54 Å². The van der Waals surface area contributed by atoms with E-state index >= 15 is 0 Å². The molecule has 1 aromatic carbocycles. The van der Waals surface area contributed by atoms with Gasteiger partial charge in [-0.1, -0.05) is 25.0 Å². The lowest BCUT2D eigenvalue weighted by Crippen LogP contribution is -2.33. The fraction of sp³-hybridized carbons (Fsp3) is 0.400. The molecule has 0 spiro atoms. The Hall–Kier alpha value is -1.81. The maximum absolute atomic E-state index is 11.7. The predicted molar refractivity (Wildman–Crippen MR) is 75.5 cm³/mol. The number of hydrogen-bond donors (Lipinski definition) is 2. The van der Waals surface area contributed by atoms with Crippen LogP contribution in [0.3, 0.4) is 0 Å².